The zero-order valence-corrected chi connectivity index (χ0v) is 9.44. The van der Waals surface area contributed by atoms with Crippen LogP contribution in [0.3, 0.4) is 0 Å². The quantitative estimate of drug-likeness (QED) is 0.735. The summed E-state index contributed by atoms with van der Waals surface area (Å²) >= 11 is 0. The third-order valence-electron chi connectivity index (χ3n) is 2.65. The lowest BCUT2D eigenvalue weighted by Crippen LogP contribution is -2.08. The molecule has 0 aliphatic heterocycles. The predicted molar refractivity (Wildman–Crippen MR) is 62.1 cm³/mol. The Kier molecular flexibility index (Phi) is 2.48. The maximum atomic E-state index is 12.6. The molecule has 0 aliphatic rings. The summed E-state index contributed by atoms with van der Waals surface area (Å²) in [7, 11) is 0. The molecule has 1 N–H and O–H groups in total. The van der Waals surface area contributed by atoms with Crippen LogP contribution in [0.4, 0.5) is 13.2 Å². The number of nitrogens with one attached hydrogen (secondary N) is 1. The average molecular weight is 264 g/mol. The predicted octanol–water partition coefficient (Wildman–Crippen LogP) is 3.04. The van der Waals surface area contributed by atoms with Gasteiger partial charge in [-0.2, -0.15) is 18.3 Å². The number of fused-ring (bicyclic) bond motifs is 1. The van der Waals surface area contributed by atoms with E-state index in [9.17, 15) is 13.2 Å². The Morgan fingerprint density at radius 1 is 1.11 bits per heavy atom. The second-order valence-corrected chi connectivity index (χ2v) is 3.90. The van der Waals surface area contributed by atoms with E-state index in [4.69, 9.17) is 0 Å². The van der Waals surface area contributed by atoms with Crippen LogP contribution in [0.5, 0.6) is 0 Å². The Morgan fingerprint density at radius 3 is 2.74 bits per heavy atom. The van der Waals surface area contributed by atoms with Crippen molar-refractivity contribution in [3.8, 4) is 11.4 Å². The van der Waals surface area contributed by atoms with Crippen molar-refractivity contribution in [2.45, 2.75) is 6.18 Å². The summed E-state index contributed by atoms with van der Waals surface area (Å²) in [6.45, 7) is 0. The van der Waals surface area contributed by atoms with Crippen LogP contribution in [0.1, 0.15) is 5.69 Å². The largest absolute Gasteiger partial charge is 0.433 e. The van der Waals surface area contributed by atoms with Crippen LogP contribution in [0.2, 0.25) is 0 Å². The number of H-pyrrole nitrogens is 1. The topological polar surface area (TPSA) is 54.5 Å². The number of hydrogen-bond donors (Lipinski definition) is 1. The smallest absolute Gasteiger partial charge is 0.276 e. The van der Waals surface area contributed by atoms with Gasteiger partial charge in [0.25, 0.3) is 0 Å². The monoisotopic (exact) mass is 264 g/mol. The first-order valence-electron chi connectivity index (χ1n) is 5.38. The van der Waals surface area contributed by atoms with Gasteiger partial charge in [0.05, 0.1) is 17.4 Å². The first-order valence-corrected chi connectivity index (χ1v) is 5.38. The maximum Gasteiger partial charge on any atom is 0.433 e. The molecule has 0 saturated heterocycles. The lowest BCUT2D eigenvalue weighted by Gasteiger charge is -2.06. The minimum absolute atomic E-state index is 0.173. The van der Waals surface area contributed by atoms with Crippen molar-refractivity contribution in [1.82, 2.24) is 20.2 Å². The molecular formula is C12H7F3N4. The highest BCUT2D eigenvalue weighted by Gasteiger charge is 2.32. The molecule has 0 unspecified atom stereocenters. The van der Waals surface area contributed by atoms with Gasteiger partial charge in [0.1, 0.15) is 11.4 Å². The molecule has 0 bridgehead atoms. The summed E-state index contributed by atoms with van der Waals surface area (Å²) in [5.74, 6) is 0. The molecule has 0 saturated carbocycles. The number of alkyl halides is 3. The maximum absolute atomic E-state index is 12.6. The number of nitrogens with zero attached hydrogens (tertiary/aromatic N) is 3. The lowest BCUT2D eigenvalue weighted by molar-refractivity contribution is -0.141. The van der Waals surface area contributed by atoms with Crippen molar-refractivity contribution in [2.75, 3.05) is 0 Å². The molecule has 0 radical (unpaired) electrons. The first kappa shape index (κ1) is 11.6. The fourth-order valence-corrected chi connectivity index (χ4v) is 1.79. The van der Waals surface area contributed by atoms with Gasteiger partial charge in [-0.05, 0) is 18.2 Å². The molecule has 0 aliphatic carbocycles. The van der Waals surface area contributed by atoms with Crippen LogP contribution in [-0.4, -0.2) is 20.2 Å². The molecule has 0 spiro atoms. The zero-order valence-electron chi connectivity index (χ0n) is 9.44. The Balaban J connectivity index is 2.17. The van der Waals surface area contributed by atoms with Crippen LogP contribution < -0.4 is 0 Å². The molecule has 0 aromatic carbocycles. The third-order valence-corrected chi connectivity index (χ3v) is 2.65. The van der Waals surface area contributed by atoms with Crippen LogP contribution in [0.25, 0.3) is 22.3 Å². The zero-order chi connectivity index (χ0) is 13.5. The van der Waals surface area contributed by atoms with E-state index in [-0.39, 0.29) is 5.69 Å². The van der Waals surface area contributed by atoms with Gasteiger partial charge in [0, 0.05) is 11.6 Å². The normalized spacial score (nSPS) is 11.9. The van der Waals surface area contributed by atoms with Crippen molar-refractivity contribution in [1.29, 1.82) is 0 Å². The highest BCUT2D eigenvalue weighted by Crippen LogP contribution is 2.30. The van der Waals surface area contributed by atoms with E-state index in [1.807, 2.05) is 0 Å². The van der Waals surface area contributed by atoms with Crippen LogP contribution in [0.15, 0.2) is 36.7 Å². The average Bonchev–Trinajstić information content (AvgIpc) is 2.82. The standard InChI is InChI=1S/C12H7F3N4/c13-12(14,15)10-3-1-2-8(17-10)11-7-4-5-16-6-9(7)18-19-11/h1-6H,(H,18,19). The van der Waals surface area contributed by atoms with Gasteiger partial charge in [0.2, 0.25) is 0 Å². The van der Waals surface area contributed by atoms with E-state index in [0.29, 0.717) is 16.6 Å². The van der Waals surface area contributed by atoms with Crippen LogP contribution in [0, 0.1) is 0 Å². The minimum atomic E-state index is -4.47. The van der Waals surface area contributed by atoms with Gasteiger partial charge in [-0.1, -0.05) is 6.07 Å². The second kappa shape index (κ2) is 4.04. The van der Waals surface area contributed by atoms with Crippen molar-refractivity contribution in [3.63, 3.8) is 0 Å². The van der Waals surface area contributed by atoms with Crippen LogP contribution >= 0.6 is 0 Å². The molecule has 3 aromatic rings. The molecule has 96 valence electrons. The third kappa shape index (κ3) is 2.03. The number of pyridine rings is 2. The molecule has 3 heterocycles. The van der Waals surface area contributed by atoms with E-state index >= 15 is 0 Å². The Hall–Kier alpha value is -2.44. The fraction of sp³-hybridized carbons (Fsp3) is 0.0833. The molecule has 4 nitrogen and oxygen atoms in total. The molecule has 0 atom stereocenters. The summed E-state index contributed by atoms with van der Waals surface area (Å²) in [4.78, 5) is 7.51. The van der Waals surface area contributed by atoms with Crippen molar-refractivity contribution in [2.24, 2.45) is 0 Å². The molecule has 0 amide bonds. The summed E-state index contributed by atoms with van der Waals surface area (Å²) in [6.07, 6.45) is -1.36. The minimum Gasteiger partial charge on any atom is -0.276 e. The van der Waals surface area contributed by atoms with E-state index in [1.165, 1.54) is 12.1 Å². The lowest BCUT2D eigenvalue weighted by atomic mass is 10.2. The van der Waals surface area contributed by atoms with Gasteiger partial charge < -0.3 is 0 Å². The van der Waals surface area contributed by atoms with Crippen molar-refractivity contribution < 1.29 is 13.2 Å². The molecule has 0 fully saturated rings. The Morgan fingerprint density at radius 2 is 1.95 bits per heavy atom. The van der Waals surface area contributed by atoms with Gasteiger partial charge in [-0.25, -0.2) is 4.98 Å². The van der Waals surface area contributed by atoms with Gasteiger partial charge in [0.15, 0.2) is 0 Å². The summed E-state index contributed by atoms with van der Waals surface area (Å²) in [6, 6.07) is 5.41. The molecule has 3 rings (SSSR count). The van der Waals surface area contributed by atoms with Crippen molar-refractivity contribution >= 4 is 10.9 Å². The van der Waals surface area contributed by atoms with Gasteiger partial charge in [-0.15, -0.1) is 0 Å². The van der Waals surface area contributed by atoms with E-state index in [2.05, 4.69) is 20.2 Å². The first-order chi connectivity index (χ1) is 9.05. The SMILES string of the molecule is FC(F)(F)c1cccc(-c2n[nH]c3cnccc23)n1. The van der Waals surface area contributed by atoms with E-state index < -0.39 is 11.9 Å². The van der Waals surface area contributed by atoms with Crippen molar-refractivity contribution in [3.05, 3.63) is 42.4 Å². The number of aromatic nitrogens is 4. The Bertz CT molecular complexity index is 733. The van der Waals surface area contributed by atoms with Gasteiger partial charge >= 0.3 is 6.18 Å². The van der Waals surface area contributed by atoms with Crippen LogP contribution in [-0.2, 0) is 6.18 Å². The molecule has 3 aromatic heterocycles. The summed E-state index contributed by atoms with van der Waals surface area (Å²) in [5.41, 5.74) is 0.266. The number of aromatic amines is 1. The Labute approximate surface area is 105 Å². The number of halogens is 3. The summed E-state index contributed by atoms with van der Waals surface area (Å²) in [5, 5.41) is 7.39. The highest BCUT2D eigenvalue weighted by atomic mass is 19.4. The number of rotatable bonds is 1. The molecule has 19 heavy (non-hydrogen) atoms. The number of hydrogen-bond acceptors (Lipinski definition) is 3. The summed E-state index contributed by atoms with van der Waals surface area (Å²) < 4.78 is 37.9. The second-order valence-electron chi connectivity index (χ2n) is 3.90. The molecule has 7 heteroatoms. The van der Waals surface area contributed by atoms with E-state index in [1.54, 1.807) is 18.5 Å². The van der Waals surface area contributed by atoms with E-state index in [0.717, 1.165) is 6.07 Å². The fourth-order valence-electron chi connectivity index (χ4n) is 1.79. The van der Waals surface area contributed by atoms with Gasteiger partial charge in [-0.3, -0.25) is 10.1 Å². The highest BCUT2D eigenvalue weighted by molar-refractivity contribution is 5.91. The molecular weight excluding hydrogens is 257 g/mol.